The molecular weight excluding hydrogens is 692 g/mol. The van der Waals surface area contributed by atoms with Gasteiger partial charge in [0.05, 0.1) is 44.0 Å². The Bertz CT molecular complexity index is 1980. The number of rotatable bonds is 10. The predicted molar refractivity (Wildman–Crippen MR) is 204 cm³/mol. The second kappa shape index (κ2) is 15.8. The van der Waals surface area contributed by atoms with Crippen LogP contribution >= 0.6 is 0 Å². The van der Waals surface area contributed by atoms with Crippen LogP contribution in [0.1, 0.15) is 77.2 Å². The zero-order valence-electron chi connectivity index (χ0n) is 31.8. The van der Waals surface area contributed by atoms with E-state index in [0.717, 1.165) is 69.7 Å². The molecule has 8 rings (SSSR count). The van der Waals surface area contributed by atoms with Crippen LogP contribution < -0.4 is 14.4 Å². The first-order chi connectivity index (χ1) is 26.3. The first-order valence-electron chi connectivity index (χ1n) is 20.0. The van der Waals surface area contributed by atoms with Crippen molar-refractivity contribution in [2.45, 2.75) is 102 Å². The van der Waals surface area contributed by atoms with Crippen LogP contribution in [0.5, 0.6) is 11.8 Å². The minimum atomic E-state index is -0.751. The highest BCUT2D eigenvalue weighted by atomic mass is 19.1. The number of aryl methyl sites for hydroxylation is 1. The molecule has 10 nitrogen and oxygen atoms in total. The van der Waals surface area contributed by atoms with Gasteiger partial charge in [0.2, 0.25) is 0 Å². The molecule has 2 aromatic carbocycles. The van der Waals surface area contributed by atoms with Gasteiger partial charge in [-0.1, -0.05) is 19.4 Å². The van der Waals surface area contributed by atoms with Crippen molar-refractivity contribution in [3.63, 3.8) is 0 Å². The average molecular weight is 746 g/mol. The lowest BCUT2D eigenvalue weighted by atomic mass is 9.74. The number of hydrogen-bond donors (Lipinski definition) is 1. The third kappa shape index (κ3) is 6.99. The van der Waals surface area contributed by atoms with E-state index in [1.807, 2.05) is 31.9 Å². The molecule has 2 aromatic heterocycles. The van der Waals surface area contributed by atoms with Gasteiger partial charge < -0.3 is 29.0 Å². The molecule has 1 N–H and O–H groups in total. The fourth-order valence-electron chi connectivity index (χ4n) is 9.97. The molecule has 3 atom stereocenters. The zero-order chi connectivity index (χ0) is 37.4. The standard InChI is InChI=1S/C42H53F2N5O5/c1-4-31-34(43)14-9-26-20-30(53-5-2)21-32(36(26)31)38-37(44)39-33(22-45-38)40(48-18-19-52-24-28(50)23-48)47-41(46-39)54-25-42-15-6-8-35(42)49(17-7-16-42)27-10-12-29(51-3)13-11-27/h9,14,20-22,27-29,35,50H,4-8,10-13,15-19,23-25H2,1-3H3. The van der Waals surface area contributed by atoms with E-state index in [-0.39, 0.29) is 41.6 Å². The first-order valence-corrected chi connectivity index (χ1v) is 20.0. The van der Waals surface area contributed by atoms with E-state index in [9.17, 15) is 5.11 Å². The molecular formula is C42H53F2N5O5. The van der Waals surface area contributed by atoms with Gasteiger partial charge in [-0.15, -0.1) is 0 Å². The number of aliphatic hydroxyl groups excluding tert-OH is 1. The second-order valence-electron chi connectivity index (χ2n) is 15.6. The van der Waals surface area contributed by atoms with E-state index in [1.165, 1.54) is 6.07 Å². The Labute approximate surface area is 316 Å². The van der Waals surface area contributed by atoms with E-state index >= 15 is 8.78 Å². The average Bonchev–Trinajstić information content (AvgIpc) is 3.51. The molecule has 2 saturated heterocycles. The van der Waals surface area contributed by atoms with Crippen LogP contribution in [0, 0.1) is 17.0 Å². The number of methoxy groups -OCH3 is 1. The first kappa shape index (κ1) is 37.2. The topological polar surface area (TPSA) is 102 Å². The Morgan fingerprint density at radius 1 is 1.00 bits per heavy atom. The van der Waals surface area contributed by atoms with Crippen molar-refractivity contribution in [1.29, 1.82) is 0 Å². The smallest absolute Gasteiger partial charge is 0.319 e. The number of piperidine rings is 1. The Kier molecular flexibility index (Phi) is 10.9. The summed E-state index contributed by atoms with van der Waals surface area (Å²) in [5, 5.41) is 12.4. The number of halogens is 2. The number of anilines is 1. The third-order valence-corrected chi connectivity index (χ3v) is 12.5. The summed E-state index contributed by atoms with van der Waals surface area (Å²) in [6.07, 6.45) is 11.6. The number of pyridine rings is 1. The largest absolute Gasteiger partial charge is 0.494 e. The molecule has 4 aliphatic rings. The number of hydrogen-bond acceptors (Lipinski definition) is 10. The Morgan fingerprint density at radius 3 is 2.63 bits per heavy atom. The normalized spacial score (nSPS) is 26.6. The molecule has 54 heavy (non-hydrogen) atoms. The van der Waals surface area contributed by atoms with Crippen LogP contribution in [0.3, 0.4) is 0 Å². The number of likely N-dealkylation sites (tertiary alicyclic amines) is 1. The molecule has 290 valence electrons. The van der Waals surface area contributed by atoms with Gasteiger partial charge in [-0.3, -0.25) is 9.88 Å². The van der Waals surface area contributed by atoms with E-state index in [2.05, 4.69) is 9.88 Å². The predicted octanol–water partition coefficient (Wildman–Crippen LogP) is 7.25. The molecule has 4 heterocycles. The summed E-state index contributed by atoms with van der Waals surface area (Å²) in [5.41, 5.74) is 0.983. The fraction of sp³-hybridized carbons (Fsp3) is 0.595. The highest BCUT2D eigenvalue weighted by molar-refractivity contribution is 6.01. The SMILES string of the molecule is CCOc1cc(-c2ncc3c(N4CCOCC(O)C4)nc(OCC45CCCC4N(C4CCC(OC)CC4)CCC5)nc3c2F)c2c(CC)c(F)ccc2c1. The molecule has 4 aromatic rings. The lowest BCUT2D eigenvalue weighted by Crippen LogP contribution is -2.56. The van der Waals surface area contributed by atoms with Gasteiger partial charge in [0, 0.05) is 49.5 Å². The van der Waals surface area contributed by atoms with Gasteiger partial charge in [-0.2, -0.15) is 9.97 Å². The summed E-state index contributed by atoms with van der Waals surface area (Å²) in [5.74, 6) is -0.0282. The summed E-state index contributed by atoms with van der Waals surface area (Å²) in [4.78, 5) is 19.0. The summed E-state index contributed by atoms with van der Waals surface area (Å²) >= 11 is 0. The van der Waals surface area contributed by atoms with Crippen LogP contribution in [-0.4, -0.2) is 102 Å². The maximum atomic E-state index is 17.3. The lowest BCUT2D eigenvalue weighted by Gasteiger charge is -2.50. The minimum absolute atomic E-state index is 0.0390. The summed E-state index contributed by atoms with van der Waals surface area (Å²) in [6, 6.07) is 7.79. The van der Waals surface area contributed by atoms with Gasteiger partial charge in [0.1, 0.15) is 28.6 Å². The number of fused-ring (bicyclic) bond motifs is 3. The third-order valence-electron chi connectivity index (χ3n) is 12.5. The zero-order valence-corrected chi connectivity index (χ0v) is 31.8. The quantitative estimate of drug-likeness (QED) is 0.179. The van der Waals surface area contributed by atoms with Crippen molar-refractivity contribution in [3.8, 4) is 23.0 Å². The molecule has 0 amide bonds. The summed E-state index contributed by atoms with van der Waals surface area (Å²) in [7, 11) is 1.82. The van der Waals surface area contributed by atoms with E-state index in [4.69, 9.17) is 28.9 Å². The van der Waals surface area contributed by atoms with Crippen molar-refractivity contribution in [2.24, 2.45) is 5.41 Å². The number of benzene rings is 2. The lowest BCUT2D eigenvalue weighted by molar-refractivity contribution is -0.0429. The van der Waals surface area contributed by atoms with Crippen LogP contribution in [0.2, 0.25) is 0 Å². The number of nitrogens with zero attached hydrogens (tertiary/aromatic N) is 5. The van der Waals surface area contributed by atoms with Gasteiger partial charge in [0.15, 0.2) is 5.82 Å². The van der Waals surface area contributed by atoms with Gasteiger partial charge >= 0.3 is 6.01 Å². The Morgan fingerprint density at radius 2 is 1.83 bits per heavy atom. The van der Waals surface area contributed by atoms with Crippen LogP contribution in [-0.2, 0) is 15.9 Å². The van der Waals surface area contributed by atoms with Crippen LogP contribution in [0.15, 0.2) is 30.5 Å². The van der Waals surface area contributed by atoms with Gasteiger partial charge in [-0.25, -0.2) is 8.78 Å². The molecule has 12 heteroatoms. The van der Waals surface area contributed by atoms with Crippen molar-refractivity contribution in [1.82, 2.24) is 19.9 Å². The fourth-order valence-corrected chi connectivity index (χ4v) is 9.97. The molecule has 0 spiro atoms. The highest BCUT2D eigenvalue weighted by Gasteiger charge is 2.50. The molecule has 2 aliphatic heterocycles. The summed E-state index contributed by atoms with van der Waals surface area (Å²) in [6.45, 7) is 7.01. The molecule has 2 aliphatic carbocycles. The number of ether oxygens (including phenoxy) is 4. The Hall–Kier alpha value is -3.71. The van der Waals surface area contributed by atoms with Crippen molar-refractivity contribution in [3.05, 3.63) is 47.7 Å². The van der Waals surface area contributed by atoms with Crippen molar-refractivity contribution < 1.29 is 32.8 Å². The van der Waals surface area contributed by atoms with Crippen molar-refractivity contribution >= 4 is 27.5 Å². The monoisotopic (exact) mass is 745 g/mol. The molecule has 4 fully saturated rings. The number of aromatic nitrogens is 3. The van der Waals surface area contributed by atoms with Crippen molar-refractivity contribution in [2.75, 3.05) is 58.1 Å². The molecule has 0 radical (unpaired) electrons. The number of aliphatic hydroxyl groups is 1. The Balaban J connectivity index is 1.20. The van der Waals surface area contributed by atoms with E-state index in [1.54, 1.807) is 18.3 Å². The van der Waals surface area contributed by atoms with E-state index in [0.29, 0.717) is 84.4 Å². The van der Waals surface area contributed by atoms with Crippen LogP contribution in [0.25, 0.3) is 32.9 Å². The molecule has 3 unspecified atom stereocenters. The summed E-state index contributed by atoms with van der Waals surface area (Å²) < 4.78 is 56.4. The second-order valence-corrected chi connectivity index (χ2v) is 15.6. The maximum Gasteiger partial charge on any atom is 0.319 e. The maximum absolute atomic E-state index is 17.3. The minimum Gasteiger partial charge on any atom is -0.494 e. The van der Waals surface area contributed by atoms with E-state index < -0.39 is 11.9 Å². The highest BCUT2D eigenvalue weighted by Crippen LogP contribution is 2.50. The number of β-amino-alcohol motifs (C(OH)–C–C–N with tert-alkyl or cyclic N) is 1. The van der Waals surface area contributed by atoms with Gasteiger partial charge in [0.25, 0.3) is 0 Å². The van der Waals surface area contributed by atoms with Gasteiger partial charge in [-0.05, 0) is 106 Å². The molecule has 0 bridgehead atoms. The molecule has 2 saturated carbocycles. The van der Waals surface area contributed by atoms with Crippen LogP contribution in [0.4, 0.5) is 14.6 Å².